The summed E-state index contributed by atoms with van der Waals surface area (Å²) in [5.41, 5.74) is -0.279. The van der Waals surface area contributed by atoms with Crippen LogP contribution in [-0.2, 0) is 6.61 Å². The maximum absolute atomic E-state index is 12.3. The van der Waals surface area contributed by atoms with Crippen molar-refractivity contribution < 1.29 is 13.9 Å². The Hall–Kier alpha value is -0.260. The van der Waals surface area contributed by atoms with Gasteiger partial charge in [0.25, 0.3) is 6.43 Å². The van der Waals surface area contributed by atoms with E-state index in [1.807, 2.05) is 0 Å². The Labute approximate surface area is 86.7 Å². The first-order chi connectivity index (χ1) is 6.06. The van der Waals surface area contributed by atoms with Crippen LogP contribution in [0.3, 0.4) is 0 Å². The number of aliphatic hydroxyl groups excluding tert-OH is 1. The van der Waals surface area contributed by atoms with E-state index in [-0.39, 0.29) is 21.8 Å². The zero-order valence-corrected chi connectivity index (χ0v) is 8.61. The first-order valence-corrected chi connectivity index (χ1v) is 4.47. The molecule has 0 atom stereocenters. The van der Waals surface area contributed by atoms with Crippen molar-refractivity contribution in [3.8, 4) is 0 Å². The number of rotatable bonds is 2. The second-order valence-electron chi connectivity index (χ2n) is 2.26. The number of pyridine rings is 1. The third-order valence-corrected chi connectivity index (χ3v) is 2.25. The summed E-state index contributed by atoms with van der Waals surface area (Å²) in [6.45, 7) is -0.389. The monoisotopic (exact) mass is 271 g/mol. The van der Waals surface area contributed by atoms with Crippen molar-refractivity contribution in [2.75, 3.05) is 0 Å². The average molecular weight is 272 g/mol. The molecule has 1 heterocycles. The number of alkyl halides is 2. The van der Waals surface area contributed by atoms with Crippen LogP contribution in [0.1, 0.15) is 17.7 Å². The zero-order valence-electron chi connectivity index (χ0n) is 6.27. The van der Waals surface area contributed by atoms with Crippen LogP contribution in [-0.4, -0.2) is 10.1 Å². The Morgan fingerprint density at radius 1 is 1.62 bits per heavy atom. The van der Waals surface area contributed by atoms with E-state index in [0.29, 0.717) is 0 Å². The summed E-state index contributed by atoms with van der Waals surface area (Å²) < 4.78 is 24.8. The minimum absolute atomic E-state index is 0.180. The van der Waals surface area contributed by atoms with Crippen LogP contribution in [0.25, 0.3) is 0 Å². The van der Waals surface area contributed by atoms with E-state index >= 15 is 0 Å². The smallest absolute Gasteiger partial charge is 0.281 e. The number of nitrogens with zero attached hydrogens (tertiary/aromatic N) is 1. The number of aliphatic hydroxyl groups is 1. The molecular weight excluding hydrogens is 267 g/mol. The topological polar surface area (TPSA) is 33.1 Å². The van der Waals surface area contributed by atoms with Gasteiger partial charge in [-0.15, -0.1) is 0 Å². The predicted octanol–water partition coefficient (Wildman–Crippen LogP) is 2.93. The molecule has 2 nitrogen and oxygen atoms in total. The molecule has 1 aromatic rings. The summed E-state index contributed by atoms with van der Waals surface area (Å²) in [7, 11) is 0. The first kappa shape index (κ1) is 10.8. The summed E-state index contributed by atoms with van der Waals surface area (Å²) in [4.78, 5) is 3.50. The molecule has 0 unspecified atom stereocenters. The van der Waals surface area contributed by atoms with Gasteiger partial charge in [-0.2, -0.15) is 0 Å². The molecular formula is C7H5BrClF2NO. The molecule has 1 N–H and O–H groups in total. The van der Waals surface area contributed by atoms with E-state index in [2.05, 4.69) is 20.9 Å². The van der Waals surface area contributed by atoms with Crippen LogP contribution in [0.4, 0.5) is 8.78 Å². The number of hydrogen-bond donors (Lipinski definition) is 1. The molecule has 6 heteroatoms. The summed E-state index contributed by atoms with van der Waals surface area (Å²) in [6.07, 6.45) is -2.74. The quantitative estimate of drug-likeness (QED) is 0.840. The normalized spacial score (nSPS) is 10.9. The fraction of sp³-hybridized carbons (Fsp3) is 0.286. The van der Waals surface area contributed by atoms with Gasteiger partial charge in [0.1, 0.15) is 10.3 Å². The van der Waals surface area contributed by atoms with Gasteiger partial charge in [0, 0.05) is 5.56 Å². The number of hydrogen-bond acceptors (Lipinski definition) is 2. The lowest BCUT2D eigenvalue weighted by molar-refractivity contribution is 0.145. The summed E-state index contributed by atoms with van der Waals surface area (Å²) in [6, 6.07) is 1.40. The molecule has 0 aliphatic heterocycles. The fourth-order valence-electron chi connectivity index (χ4n) is 0.828. The molecule has 0 aromatic carbocycles. The maximum atomic E-state index is 12.3. The van der Waals surface area contributed by atoms with E-state index in [9.17, 15) is 8.78 Å². The summed E-state index contributed by atoms with van der Waals surface area (Å²) in [5.74, 6) is 0. The molecule has 0 bridgehead atoms. The maximum Gasteiger partial charge on any atom is 0.281 e. The van der Waals surface area contributed by atoms with E-state index in [0.717, 1.165) is 0 Å². The Kier molecular flexibility index (Phi) is 3.58. The molecule has 1 rings (SSSR count). The SMILES string of the molecule is OCc1cc(Br)nc(C(F)F)c1Cl. The van der Waals surface area contributed by atoms with E-state index in [1.165, 1.54) is 6.07 Å². The van der Waals surface area contributed by atoms with E-state index in [1.54, 1.807) is 0 Å². The third kappa shape index (κ3) is 2.36. The zero-order chi connectivity index (χ0) is 10.0. The van der Waals surface area contributed by atoms with Crippen molar-refractivity contribution in [3.63, 3.8) is 0 Å². The van der Waals surface area contributed by atoms with Gasteiger partial charge in [-0.3, -0.25) is 0 Å². The van der Waals surface area contributed by atoms with Crippen LogP contribution in [0.15, 0.2) is 10.7 Å². The van der Waals surface area contributed by atoms with Crippen LogP contribution in [0.2, 0.25) is 5.02 Å². The number of halogens is 4. The highest BCUT2D eigenvalue weighted by atomic mass is 79.9. The second-order valence-corrected chi connectivity index (χ2v) is 3.45. The van der Waals surface area contributed by atoms with Gasteiger partial charge in [0.2, 0.25) is 0 Å². The highest BCUT2D eigenvalue weighted by molar-refractivity contribution is 9.10. The van der Waals surface area contributed by atoms with Crippen molar-refractivity contribution in [1.82, 2.24) is 4.98 Å². The molecule has 0 spiro atoms. The van der Waals surface area contributed by atoms with Gasteiger partial charge in [-0.1, -0.05) is 11.6 Å². The second kappa shape index (κ2) is 4.30. The molecule has 13 heavy (non-hydrogen) atoms. The number of aromatic nitrogens is 1. The van der Waals surface area contributed by atoms with Gasteiger partial charge in [-0.05, 0) is 22.0 Å². The third-order valence-electron chi connectivity index (χ3n) is 1.40. The van der Waals surface area contributed by atoms with Crippen molar-refractivity contribution in [2.24, 2.45) is 0 Å². The molecule has 0 aliphatic carbocycles. The molecule has 0 aliphatic rings. The molecule has 72 valence electrons. The lowest BCUT2D eigenvalue weighted by Gasteiger charge is -2.06. The standard InChI is InChI=1S/C7H5BrClF2NO/c8-4-1-3(2-13)5(9)6(12-4)7(10)11/h1,7,13H,2H2. The summed E-state index contributed by atoms with van der Waals surface area (Å²) in [5, 5.41) is 8.59. The Bertz CT molecular complexity index is 322. The average Bonchev–Trinajstić information content (AvgIpc) is 2.08. The van der Waals surface area contributed by atoms with Gasteiger partial charge >= 0.3 is 0 Å². The molecule has 1 aromatic heterocycles. The van der Waals surface area contributed by atoms with Crippen LogP contribution in [0.5, 0.6) is 0 Å². The fourth-order valence-corrected chi connectivity index (χ4v) is 1.53. The Morgan fingerprint density at radius 3 is 2.69 bits per heavy atom. The van der Waals surface area contributed by atoms with Gasteiger partial charge in [0.15, 0.2) is 0 Å². The molecule has 0 saturated carbocycles. The Balaban J connectivity index is 3.27. The first-order valence-electron chi connectivity index (χ1n) is 3.30. The molecule has 0 amide bonds. The lowest BCUT2D eigenvalue weighted by atomic mass is 10.2. The Morgan fingerprint density at radius 2 is 2.23 bits per heavy atom. The van der Waals surface area contributed by atoms with Crippen molar-refractivity contribution >= 4 is 27.5 Å². The van der Waals surface area contributed by atoms with Crippen LogP contribution < -0.4 is 0 Å². The van der Waals surface area contributed by atoms with E-state index in [4.69, 9.17) is 16.7 Å². The highest BCUT2D eigenvalue weighted by Crippen LogP contribution is 2.30. The van der Waals surface area contributed by atoms with Gasteiger partial charge in [-0.25, -0.2) is 13.8 Å². The van der Waals surface area contributed by atoms with Crippen molar-refractivity contribution in [3.05, 3.63) is 26.9 Å². The largest absolute Gasteiger partial charge is 0.392 e. The van der Waals surface area contributed by atoms with E-state index < -0.39 is 12.1 Å². The van der Waals surface area contributed by atoms with Gasteiger partial charge < -0.3 is 5.11 Å². The van der Waals surface area contributed by atoms with Crippen LogP contribution >= 0.6 is 27.5 Å². The molecule has 0 saturated heterocycles. The lowest BCUT2D eigenvalue weighted by Crippen LogP contribution is -1.97. The van der Waals surface area contributed by atoms with Crippen LogP contribution in [0, 0.1) is 0 Å². The van der Waals surface area contributed by atoms with Crippen molar-refractivity contribution in [2.45, 2.75) is 13.0 Å². The highest BCUT2D eigenvalue weighted by Gasteiger charge is 2.17. The minimum atomic E-state index is -2.74. The summed E-state index contributed by atoms with van der Waals surface area (Å²) >= 11 is 8.49. The predicted molar refractivity (Wildman–Crippen MR) is 47.8 cm³/mol. The molecule has 0 fully saturated rings. The minimum Gasteiger partial charge on any atom is -0.392 e. The molecule has 0 radical (unpaired) electrons. The van der Waals surface area contributed by atoms with Gasteiger partial charge in [0.05, 0.1) is 11.6 Å². The van der Waals surface area contributed by atoms with Crippen molar-refractivity contribution in [1.29, 1.82) is 0 Å².